The van der Waals surface area contributed by atoms with Gasteiger partial charge in [-0.15, -0.1) is 0 Å². The molecule has 0 aliphatic carbocycles. The zero-order chi connectivity index (χ0) is 16.9. The lowest BCUT2D eigenvalue weighted by Gasteiger charge is -2.11. The minimum atomic E-state index is -0.570. The summed E-state index contributed by atoms with van der Waals surface area (Å²) < 4.78 is 20.3. The minimum absolute atomic E-state index is 0.00588. The molecule has 1 aromatic heterocycles. The highest BCUT2D eigenvalue weighted by Gasteiger charge is 2.12. The van der Waals surface area contributed by atoms with E-state index in [1.807, 2.05) is 30.3 Å². The van der Waals surface area contributed by atoms with Gasteiger partial charge >= 0.3 is 0 Å². The molecular weight excluding hydrogens is 371 g/mol. The Morgan fingerprint density at radius 1 is 1.12 bits per heavy atom. The molecule has 2 aromatic carbocycles. The lowest BCUT2D eigenvalue weighted by Crippen LogP contribution is -1.97. The summed E-state index contributed by atoms with van der Waals surface area (Å²) in [6.07, 6.45) is 1.61. The van der Waals surface area contributed by atoms with Crippen LogP contribution in [0, 0.1) is 17.1 Å². The van der Waals surface area contributed by atoms with Crippen molar-refractivity contribution in [3.05, 3.63) is 82.2 Å². The molecule has 3 aromatic rings. The highest BCUT2D eigenvalue weighted by Crippen LogP contribution is 2.34. The number of pyridine rings is 1. The molecule has 1 heterocycles. The maximum Gasteiger partial charge on any atom is 0.141 e. The zero-order valence-electron chi connectivity index (χ0n) is 12.5. The molecule has 0 amide bonds. The number of aromatic nitrogens is 1. The summed E-state index contributed by atoms with van der Waals surface area (Å²) in [5.41, 5.74) is 2.19. The largest absolute Gasteiger partial charge is 0.488 e. The second kappa shape index (κ2) is 7.24. The van der Waals surface area contributed by atoms with Gasteiger partial charge in [-0.25, -0.2) is 4.39 Å². The van der Waals surface area contributed by atoms with Crippen molar-refractivity contribution < 1.29 is 9.13 Å². The van der Waals surface area contributed by atoms with Gasteiger partial charge in [-0.1, -0.05) is 36.4 Å². The number of hydrogen-bond donors (Lipinski definition) is 0. The normalized spacial score (nSPS) is 10.2. The number of ether oxygens (including phenoxy) is 1. The number of rotatable bonds is 4. The third kappa shape index (κ3) is 3.44. The molecule has 0 atom stereocenters. The van der Waals surface area contributed by atoms with Gasteiger partial charge in [-0.05, 0) is 39.7 Å². The zero-order valence-corrected chi connectivity index (χ0v) is 14.1. The standard InChI is InChI=1S/C19H12BrFN2O/c20-18-17(24-12-13-4-2-1-3-5-13)8-9-23-19(18)14-6-7-15(11-22)16(21)10-14/h1-10H,12H2. The van der Waals surface area contributed by atoms with Gasteiger partial charge in [0.1, 0.15) is 24.2 Å². The molecule has 0 saturated carbocycles. The van der Waals surface area contributed by atoms with Gasteiger partial charge in [0.2, 0.25) is 0 Å². The molecule has 0 bridgehead atoms. The van der Waals surface area contributed by atoms with E-state index in [2.05, 4.69) is 20.9 Å². The highest BCUT2D eigenvalue weighted by atomic mass is 79.9. The third-order valence-corrected chi connectivity index (χ3v) is 4.22. The van der Waals surface area contributed by atoms with E-state index in [-0.39, 0.29) is 5.56 Å². The Hall–Kier alpha value is -2.71. The van der Waals surface area contributed by atoms with Crippen LogP contribution in [0.5, 0.6) is 5.75 Å². The lowest BCUT2D eigenvalue weighted by atomic mass is 10.1. The number of halogens is 2. The summed E-state index contributed by atoms with van der Waals surface area (Å²) in [5, 5.41) is 8.82. The van der Waals surface area contributed by atoms with E-state index in [9.17, 15) is 4.39 Å². The van der Waals surface area contributed by atoms with E-state index >= 15 is 0 Å². The van der Waals surface area contributed by atoms with Crippen LogP contribution in [-0.2, 0) is 6.61 Å². The maximum atomic E-state index is 13.8. The Kier molecular flexibility index (Phi) is 4.88. The monoisotopic (exact) mass is 382 g/mol. The average molecular weight is 383 g/mol. The van der Waals surface area contributed by atoms with E-state index in [1.165, 1.54) is 12.1 Å². The van der Waals surface area contributed by atoms with Crippen LogP contribution in [0.2, 0.25) is 0 Å². The molecule has 0 fully saturated rings. The quantitative estimate of drug-likeness (QED) is 0.630. The molecule has 3 nitrogen and oxygen atoms in total. The van der Waals surface area contributed by atoms with Crippen LogP contribution < -0.4 is 4.74 Å². The van der Waals surface area contributed by atoms with Gasteiger partial charge < -0.3 is 4.74 Å². The molecule has 118 valence electrons. The van der Waals surface area contributed by atoms with Gasteiger partial charge in [-0.2, -0.15) is 5.26 Å². The van der Waals surface area contributed by atoms with Crippen LogP contribution in [0.25, 0.3) is 11.3 Å². The topological polar surface area (TPSA) is 45.9 Å². The van der Waals surface area contributed by atoms with Crippen molar-refractivity contribution in [1.29, 1.82) is 5.26 Å². The molecule has 0 unspecified atom stereocenters. The fourth-order valence-electron chi connectivity index (χ4n) is 2.23. The van der Waals surface area contributed by atoms with Gasteiger partial charge in [-0.3, -0.25) is 4.98 Å². The first-order valence-corrected chi connectivity index (χ1v) is 7.99. The SMILES string of the molecule is N#Cc1ccc(-c2nccc(OCc3ccccc3)c2Br)cc1F. The van der Waals surface area contributed by atoms with Crippen LogP contribution in [0.3, 0.4) is 0 Å². The summed E-state index contributed by atoms with van der Waals surface area (Å²) >= 11 is 3.48. The average Bonchev–Trinajstić information content (AvgIpc) is 2.62. The van der Waals surface area contributed by atoms with E-state index in [0.29, 0.717) is 28.1 Å². The number of hydrogen-bond acceptors (Lipinski definition) is 3. The van der Waals surface area contributed by atoms with Gasteiger partial charge in [0.25, 0.3) is 0 Å². The predicted octanol–water partition coefficient (Wildman–Crippen LogP) is 5.10. The van der Waals surface area contributed by atoms with Crippen LogP contribution >= 0.6 is 15.9 Å². The van der Waals surface area contributed by atoms with Crippen molar-refractivity contribution >= 4 is 15.9 Å². The summed E-state index contributed by atoms with van der Waals surface area (Å²) in [5.74, 6) is 0.0490. The number of nitrogens with zero attached hydrogens (tertiary/aromatic N) is 2. The summed E-state index contributed by atoms with van der Waals surface area (Å²) in [7, 11) is 0. The number of benzene rings is 2. The van der Waals surface area contributed by atoms with Crippen LogP contribution in [0.4, 0.5) is 4.39 Å². The maximum absolute atomic E-state index is 13.8. The van der Waals surface area contributed by atoms with Gasteiger partial charge in [0, 0.05) is 11.8 Å². The number of nitriles is 1. The molecule has 0 radical (unpaired) electrons. The molecule has 0 N–H and O–H groups in total. The smallest absolute Gasteiger partial charge is 0.141 e. The Morgan fingerprint density at radius 2 is 1.92 bits per heavy atom. The first kappa shape index (κ1) is 16.2. The summed E-state index contributed by atoms with van der Waals surface area (Å²) in [6, 6.07) is 17.8. The van der Waals surface area contributed by atoms with E-state index < -0.39 is 5.82 Å². The van der Waals surface area contributed by atoms with Crippen molar-refractivity contribution in [3.63, 3.8) is 0 Å². The van der Waals surface area contributed by atoms with Crippen LogP contribution in [0.1, 0.15) is 11.1 Å². The van der Waals surface area contributed by atoms with Gasteiger partial charge in [0.05, 0.1) is 15.7 Å². The molecule has 0 spiro atoms. The van der Waals surface area contributed by atoms with Crippen molar-refractivity contribution in [2.75, 3.05) is 0 Å². The molecule has 0 aliphatic rings. The summed E-state index contributed by atoms with van der Waals surface area (Å²) in [6.45, 7) is 0.421. The first-order chi connectivity index (χ1) is 11.7. The highest BCUT2D eigenvalue weighted by molar-refractivity contribution is 9.10. The Bertz CT molecular complexity index is 907. The van der Waals surface area contributed by atoms with Crippen molar-refractivity contribution in [3.8, 4) is 23.1 Å². The molecule has 0 saturated heterocycles. The fourth-order valence-corrected chi connectivity index (χ4v) is 2.81. The fraction of sp³-hybridized carbons (Fsp3) is 0.0526. The van der Waals surface area contributed by atoms with Crippen LogP contribution in [0.15, 0.2) is 65.3 Å². The second-order valence-electron chi connectivity index (χ2n) is 5.05. The molecule has 0 aliphatic heterocycles. The van der Waals surface area contributed by atoms with E-state index in [1.54, 1.807) is 24.4 Å². The summed E-state index contributed by atoms with van der Waals surface area (Å²) in [4.78, 5) is 4.28. The Labute approximate surface area is 147 Å². The second-order valence-corrected chi connectivity index (χ2v) is 5.85. The van der Waals surface area contributed by atoms with Crippen LogP contribution in [-0.4, -0.2) is 4.98 Å². The first-order valence-electron chi connectivity index (χ1n) is 7.20. The molecule has 3 rings (SSSR count). The van der Waals surface area contributed by atoms with Crippen molar-refractivity contribution in [2.24, 2.45) is 0 Å². The lowest BCUT2D eigenvalue weighted by molar-refractivity contribution is 0.304. The molecule has 5 heteroatoms. The minimum Gasteiger partial charge on any atom is -0.488 e. The predicted molar refractivity (Wildman–Crippen MR) is 92.8 cm³/mol. The van der Waals surface area contributed by atoms with E-state index in [0.717, 1.165) is 5.56 Å². The van der Waals surface area contributed by atoms with Crippen molar-refractivity contribution in [2.45, 2.75) is 6.61 Å². The molecular formula is C19H12BrFN2O. The molecule has 24 heavy (non-hydrogen) atoms. The Balaban J connectivity index is 1.88. The third-order valence-electron chi connectivity index (χ3n) is 3.45. The van der Waals surface area contributed by atoms with E-state index in [4.69, 9.17) is 10.00 Å². The van der Waals surface area contributed by atoms with Gasteiger partial charge in [0.15, 0.2) is 0 Å². The Morgan fingerprint density at radius 3 is 2.62 bits per heavy atom. The van der Waals surface area contributed by atoms with Crippen molar-refractivity contribution in [1.82, 2.24) is 4.98 Å².